The van der Waals surface area contributed by atoms with Gasteiger partial charge in [0, 0.05) is 18.9 Å². The van der Waals surface area contributed by atoms with Gasteiger partial charge in [-0.1, -0.05) is 24.6 Å². The van der Waals surface area contributed by atoms with Gasteiger partial charge in [0.25, 0.3) is 5.56 Å². The molecule has 1 aliphatic heterocycles. The first-order valence-electron chi connectivity index (χ1n) is 12.8. The van der Waals surface area contributed by atoms with E-state index in [1.165, 1.54) is 23.9 Å². The predicted molar refractivity (Wildman–Crippen MR) is 140 cm³/mol. The Bertz CT molecular complexity index is 1380. The van der Waals surface area contributed by atoms with E-state index in [0.717, 1.165) is 31.7 Å². The van der Waals surface area contributed by atoms with Crippen molar-refractivity contribution in [1.29, 1.82) is 0 Å². The summed E-state index contributed by atoms with van der Waals surface area (Å²) in [5.74, 6) is 0.416. The maximum atomic E-state index is 13.8. The summed E-state index contributed by atoms with van der Waals surface area (Å²) in [4.78, 5) is 29.2. The lowest BCUT2D eigenvalue weighted by Gasteiger charge is -2.26. The van der Waals surface area contributed by atoms with Crippen LogP contribution in [0.3, 0.4) is 0 Å². The number of hydrogen-bond acceptors (Lipinski definition) is 5. The van der Waals surface area contributed by atoms with Crippen LogP contribution >= 0.6 is 0 Å². The minimum absolute atomic E-state index is 0.208. The third kappa shape index (κ3) is 4.70. The van der Waals surface area contributed by atoms with Crippen LogP contribution in [0.5, 0.6) is 0 Å². The van der Waals surface area contributed by atoms with Crippen molar-refractivity contribution in [3.63, 3.8) is 0 Å². The Labute approximate surface area is 210 Å². The second-order valence-corrected chi connectivity index (χ2v) is 9.44. The van der Waals surface area contributed by atoms with Gasteiger partial charge in [0.1, 0.15) is 16.9 Å². The largest absolute Gasteiger partial charge is 0.354 e. The molecule has 0 radical (unpaired) electrons. The SMILES string of the molecule is Cc1nn(C(C)C(=O)NCCCN2CCCCC2)c(=O)c2c(-n3cccc3)n(-c3ccccc3)nc12. The smallest absolute Gasteiger partial charge is 0.280 e. The monoisotopic (exact) mass is 487 g/mol. The van der Waals surface area contributed by atoms with Crippen LogP contribution in [0.2, 0.25) is 0 Å². The van der Waals surface area contributed by atoms with E-state index in [1.807, 2.05) is 66.3 Å². The highest BCUT2D eigenvalue weighted by Gasteiger charge is 2.25. The lowest BCUT2D eigenvalue weighted by atomic mass is 10.1. The fraction of sp³-hybridized carbons (Fsp3) is 0.407. The zero-order valence-corrected chi connectivity index (χ0v) is 20.9. The van der Waals surface area contributed by atoms with Crippen molar-refractivity contribution in [2.24, 2.45) is 0 Å². The van der Waals surface area contributed by atoms with E-state index < -0.39 is 6.04 Å². The van der Waals surface area contributed by atoms with Gasteiger partial charge in [0.05, 0.1) is 11.4 Å². The van der Waals surface area contributed by atoms with Crippen molar-refractivity contribution in [2.75, 3.05) is 26.2 Å². The summed E-state index contributed by atoms with van der Waals surface area (Å²) in [7, 11) is 0. The summed E-state index contributed by atoms with van der Waals surface area (Å²) in [5, 5.41) is 12.7. The fourth-order valence-corrected chi connectivity index (χ4v) is 4.91. The zero-order valence-electron chi connectivity index (χ0n) is 20.9. The van der Waals surface area contributed by atoms with Gasteiger partial charge < -0.3 is 14.8 Å². The molecule has 1 aliphatic rings. The molecule has 1 saturated heterocycles. The number of piperidine rings is 1. The van der Waals surface area contributed by atoms with Crippen molar-refractivity contribution in [3.8, 4) is 11.5 Å². The van der Waals surface area contributed by atoms with Crippen LogP contribution in [0.1, 0.15) is 44.3 Å². The predicted octanol–water partition coefficient (Wildman–Crippen LogP) is 3.23. The first-order chi connectivity index (χ1) is 17.5. The highest BCUT2D eigenvalue weighted by atomic mass is 16.2. The van der Waals surface area contributed by atoms with Gasteiger partial charge in [0.2, 0.25) is 5.91 Å². The van der Waals surface area contributed by atoms with E-state index in [4.69, 9.17) is 5.10 Å². The van der Waals surface area contributed by atoms with Crippen LogP contribution in [0, 0.1) is 6.92 Å². The van der Waals surface area contributed by atoms with Crippen molar-refractivity contribution in [3.05, 3.63) is 70.9 Å². The average molecular weight is 488 g/mol. The number of nitrogens with zero attached hydrogens (tertiary/aromatic N) is 6. The third-order valence-corrected chi connectivity index (χ3v) is 6.88. The molecule has 1 fully saturated rings. The number of para-hydroxylation sites is 1. The van der Waals surface area contributed by atoms with Crippen LogP contribution in [-0.2, 0) is 4.79 Å². The van der Waals surface area contributed by atoms with E-state index in [9.17, 15) is 9.59 Å². The van der Waals surface area contributed by atoms with Gasteiger partial charge in [-0.25, -0.2) is 9.36 Å². The summed E-state index contributed by atoms with van der Waals surface area (Å²) in [6.45, 7) is 7.39. The van der Waals surface area contributed by atoms with E-state index >= 15 is 0 Å². The maximum Gasteiger partial charge on any atom is 0.280 e. The summed E-state index contributed by atoms with van der Waals surface area (Å²) in [5.41, 5.74) is 1.62. The molecular formula is C27H33N7O2. The molecule has 0 saturated carbocycles. The zero-order chi connectivity index (χ0) is 25.1. The van der Waals surface area contributed by atoms with Crippen molar-refractivity contribution < 1.29 is 4.79 Å². The molecule has 4 aromatic rings. The van der Waals surface area contributed by atoms with Crippen molar-refractivity contribution in [2.45, 2.75) is 45.6 Å². The van der Waals surface area contributed by atoms with E-state index in [1.54, 1.807) is 11.6 Å². The second kappa shape index (κ2) is 10.5. The first kappa shape index (κ1) is 24.0. The normalized spacial score (nSPS) is 15.3. The quantitative estimate of drug-likeness (QED) is 0.386. The van der Waals surface area contributed by atoms with Crippen LogP contribution < -0.4 is 10.9 Å². The molecular weight excluding hydrogens is 454 g/mol. The molecule has 1 N–H and O–H groups in total. The average Bonchev–Trinajstić information content (AvgIpc) is 3.58. The minimum Gasteiger partial charge on any atom is -0.354 e. The molecule has 0 spiro atoms. The Balaban J connectivity index is 1.44. The van der Waals surface area contributed by atoms with E-state index in [0.29, 0.717) is 29.0 Å². The summed E-state index contributed by atoms with van der Waals surface area (Å²) >= 11 is 0. The Morgan fingerprint density at radius 1 is 1.03 bits per heavy atom. The third-order valence-electron chi connectivity index (χ3n) is 6.88. The lowest BCUT2D eigenvalue weighted by molar-refractivity contribution is -0.124. The van der Waals surface area contributed by atoms with Crippen LogP contribution in [0.4, 0.5) is 0 Å². The number of amides is 1. The Morgan fingerprint density at radius 2 is 1.75 bits per heavy atom. The number of hydrogen-bond donors (Lipinski definition) is 1. The van der Waals surface area contributed by atoms with E-state index in [2.05, 4.69) is 15.3 Å². The molecule has 9 heteroatoms. The number of aromatic nitrogens is 5. The molecule has 9 nitrogen and oxygen atoms in total. The molecule has 1 amide bonds. The maximum absolute atomic E-state index is 13.8. The summed E-state index contributed by atoms with van der Waals surface area (Å²) in [6, 6.07) is 12.8. The molecule has 4 heterocycles. The second-order valence-electron chi connectivity index (χ2n) is 9.44. The van der Waals surface area contributed by atoms with Crippen LogP contribution in [0.15, 0.2) is 59.7 Å². The Morgan fingerprint density at radius 3 is 2.47 bits per heavy atom. The molecule has 0 aliphatic carbocycles. The van der Waals surface area contributed by atoms with Crippen molar-refractivity contribution in [1.82, 2.24) is 34.3 Å². The molecule has 0 bridgehead atoms. The highest BCUT2D eigenvalue weighted by Crippen LogP contribution is 2.25. The Kier molecular flexibility index (Phi) is 6.99. The summed E-state index contributed by atoms with van der Waals surface area (Å²) < 4.78 is 4.93. The number of carbonyl (C=O) groups excluding carboxylic acids is 1. The topological polar surface area (TPSA) is 90.0 Å². The number of carbonyl (C=O) groups is 1. The van der Waals surface area contributed by atoms with Gasteiger partial charge in [-0.3, -0.25) is 9.59 Å². The highest BCUT2D eigenvalue weighted by molar-refractivity contribution is 5.88. The molecule has 188 valence electrons. The lowest BCUT2D eigenvalue weighted by Crippen LogP contribution is -2.39. The summed E-state index contributed by atoms with van der Waals surface area (Å²) in [6.07, 6.45) is 8.48. The van der Waals surface area contributed by atoms with Crippen molar-refractivity contribution >= 4 is 16.8 Å². The van der Waals surface area contributed by atoms with Crippen LogP contribution in [-0.4, -0.2) is 61.1 Å². The van der Waals surface area contributed by atoms with Crippen LogP contribution in [0.25, 0.3) is 22.4 Å². The Hall–Kier alpha value is -3.72. The van der Waals surface area contributed by atoms with Gasteiger partial charge in [0.15, 0.2) is 5.82 Å². The molecule has 5 rings (SSSR count). The van der Waals surface area contributed by atoms with Gasteiger partial charge in [-0.15, -0.1) is 0 Å². The fourth-order valence-electron chi connectivity index (χ4n) is 4.91. The molecule has 1 atom stereocenters. The van der Waals surface area contributed by atoms with Gasteiger partial charge >= 0.3 is 0 Å². The number of nitrogens with one attached hydrogen (secondary N) is 1. The molecule has 36 heavy (non-hydrogen) atoms. The first-order valence-corrected chi connectivity index (χ1v) is 12.8. The number of likely N-dealkylation sites (tertiary alicyclic amines) is 1. The number of benzene rings is 1. The van der Waals surface area contributed by atoms with Gasteiger partial charge in [-0.2, -0.15) is 10.2 Å². The van der Waals surface area contributed by atoms with E-state index in [-0.39, 0.29) is 11.5 Å². The number of rotatable bonds is 8. The molecule has 1 aromatic carbocycles. The standard InChI is InChI=1S/C27H33N7O2/c1-20-24-23(26(32-18-9-10-19-32)34(30-24)22-12-5-3-6-13-22)27(36)33(29-20)21(2)25(35)28-14-11-17-31-15-7-4-8-16-31/h3,5-6,9-10,12-13,18-19,21H,4,7-8,11,14-17H2,1-2H3,(H,28,35). The number of aryl methyl sites for hydroxylation is 1. The molecule has 1 unspecified atom stereocenters. The number of fused-ring (bicyclic) bond motifs is 1. The minimum atomic E-state index is -0.742. The molecule has 3 aromatic heterocycles. The van der Waals surface area contributed by atoms with Gasteiger partial charge in [-0.05, 0) is 77.0 Å².